The molecule has 1 aliphatic rings. The van der Waals surface area contributed by atoms with Crippen LogP contribution in [0.2, 0.25) is 0 Å². The lowest BCUT2D eigenvalue weighted by Gasteiger charge is -2.32. The van der Waals surface area contributed by atoms with Crippen molar-refractivity contribution in [3.05, 3.63) is 0 Å². The predicted molar refractivity (Wildman–Crippen MR) is 63.5 cm³/mol. The van der Waals surface area contributed by atoms with E-state index in [1.807, 2.05) is 0 Å². The number of hydrogen-bond acceptors (Lipinski definition) is 3. The Balaban J connectivity index is 2.38. The molecule has 94 valence electrons. The smallest absolute Gasteiger partial charge is 0.409 e. The van der Waals surface area contributed by atoms with Gasteiger partial charge in [0.05, 0.1) is 18.0 Å². The minimum atomic E-state index is -1.63. The van der Waals surface area contributed by atoms with Gasteiger partial charge in [-0.1, -0.05) is 34.8 Å². The molecule has 1 amide bonds. The summed E-state index contributed by atoms with van der Waals surface area (Å²) in [5.41, 5.74) is 0. The van der Waals surface area contributed by atoms with E-state index < -0.39 is 16.0 Å². The van der Waals surface area contributed by atoms with Gasteiger partial charge in [0, 0.05) is 6.54 Å². The molecule has 1 heterocycles. The Kier molecular flexibility index (Phi) is 5.26. The van der Waals surface area contributed by atoms with Crippen molar-refractivity contribution in [1.82, 2.24) is 4.90 Å². The first-order valence-electron chi connectivity index (χ1n) is 4.60. The minimum absolute atomic E-state index is 0.132. The third-order valence-electron chi connectivity index (χ3n) is 2.12. The molecule has 0 spiro atoms. The second-order valence-corrected chi connectivity index (χ2v) is 6.56. The fourth-order valence-corrected chi connectivity index (χ4v) is 1.64. The third-order valence-corrected chi connectivity index (χ3v) is 2.95. The number of β-amino-alcohol motifs (C(OH)–C–C–N with tert-alkyl or cyclic N) is 1. The summed E-state index contributed by atoms with van der Waals surface area (Å²) in [7, 11) is 0. The van der Waals surface area contributed by atoms with Crippen LogP contribution in [0.15, 0.2) is 0 Å². The summed E-state index contributed by atoms with van der Waals surface area (Å²) in [6.45, 7) is 0.226. The van der Waals surface area contributed by atoms with Crippen molar-refractivity contribution in [1.29, 1.82) is 0 Å². The topological polar surface area (TPSA) is 49.8 Å². The Morgan fingerprint density at radius 3 is 2.62 bits per heavy atom. The van der Waals surface area contributed by atoms with Gasteiger partial charge in [-0.2, -0.15) is 0 Å². The van der Waals surface area contributed by atoms with E-state index in [1.165, 1.54) is 4.90 Å². The first-order valence-corrected chi connectivity index (χ1v) is 6.17. The number of amides is 1. The maximum Gasteiger partial charge on any atom is 0.409 e. The number of likely N-dealkylation sites (tertiary alicyclic amines) is 1. The number of carbonyl (C=O) groups is 1. The molecular weight excluding hydrogens is 300 g/mol. The fourth-order valence-electron chi connectivity index (χ4n) is 1.30. The summed E-state index contributed by atoms with van der Waals surface area (Å²) < 4.78 is 3.14. The second kappa shape index (κ2) is 5.83. The van der Waals surface area contributed by atoms with E-state index in [2.05, 4.69) is 0 Å². The summed E-state index contributed by atoms with van der Waals surface area (Å²) in [5.74, 6) is 0. The largest absolute Gasteiger partial charge is 0.445 e. The van der Waals surface area contributed by atoms with Crippen LogP contribution in [0.5, 0.6) is 0 Å². The van der Waals surface area contributed by atoms with Gasteiger partial charge in [-0.25, -0.2) is 4.79 Å². The van der Waals surface area contributed by atoms with Crippen LogP contribution in [0.3, 0.4) is 0 Å². The van der Waals surface area contributed by atoms with Crippen LogP contribution >= 0.6 is 46.4 Å². The molecule has 0 saturated carbocycles. The van der Waals surface area contributed by atoms with Crippen LogP contribution in [-0.4, -0.2) is 51.1 Å². The first-order chi connectivity index (χ1) is 7.29. The highest BCUT2D eigenvalue weighted by Gasteiger charge is 2.31. The maximum absolute atomic E-state index is 11.5. The summed E-state index contributed by atoms with van der Waals surface area (Å²) >= 11 is 22.1. The van der Waals surface area contributed by atoms with Crippen LogP contribution in [0.4, 0.5) is 4.79 Å². The maximum atomic E-state index is 11.5. The van der Waals surface area contributed by atoms with Gasteiger partial charge in [0.2, 0.25) is 3.79 Å². The number of aliphatic hydroxyl groups is 1. The Bertz CT molecular complexity index is 258. The van der Waals surface area contributed by atoms with Crippen molar-refractivity contribution in [2.45, 2.75) is 21.7 Å². The van der Waals surface area contributed by atoms with Crippen molar-refractivity contribution >= 4 is 52.5 Å². The van der Waals surface area contributed by atoms with Gasteiger partial charge < -0.3 is 14.7 Å². The number of alkyl halides is 4. The molecule has 4 nitrogen and oxygen atoms in total. The van der Waals surface area contributed by atoms with Crippen molar-refractivity contribution in [3.63, 3.8) is 0 Å². The van der Waals surface area contributed by atoms with Gasteiger partial charge in [0.1, 0.15) is 6.61 Å². The molecule has 0 aliphatic carbocycles. The van der Waals surface area contributed by atoms with Crippen LogP contribution in [0.1, 0.15) is 6.42 Å². The average molecular weight is 311 g/mol. The zero-order valence-corrected chi connectivity index (χ0v) is 11.2. The molecule has 0 aromatic rings. The Morgan fingerprint density at radius 1 is 1.50 bits per heavy atom. The van der Waals surface area contributed by atoms with E-state index >= 15 is 0 Å². The lowest BCUT2D eigenvalue weighted by atomic mass is 10.1. The lowest BCUT2D eigenvalue weighted by molar-refractivity contribution is 0.0521. The lowest BCUT2D eigenvalue weighted by Crippen LogP contribution is -2.47. The van der Waals surface area contributed by atoms with E-state index in [0.717, 1.165) is 0 Å². The zero-order valence-electron chi connectivity index (χ0n) is 8.21. The minimum Gasteiger partial charge on any atom is -0.445 e. The molecule has 2 atom stereocenters. The van der Waals surface area contributed by atoms with E-state index in [9.17, 15) is 9.90 Å². The molecule has 16 heavy (non-hydrogen) atoms. The first kappa shape index (κ1) is 14.5. The zero-order chi connectivity index (χ0) is 12.3. The highest BCUT2D eigenvalue weighted by Crippen LogP contribution is 2.26. The molecule has 0 radical (unpaired) electrons. The number of aliphatic hydroxyl groups excluding tert-OH is 1. The molecule has 1 N–H and O–H groups in total. The molecule has 8 heteroatoms. The monoisotopic (exact) mass is 309 g/mol. The number of nitrogens with zero attached hydrogens (tertiary/aromatic N) is 1. The fraction of sp³-hybridized carbons (Fsp3) is 0.875. The van der Waals surface area contributed by atoms with Crippen LogP contribution in [0, 0.1) is 0 Å². The molecular formula is C8H11Cl4NO3. The van der Waals surface area contributed by atoms with Crippen molar-refractivity contribution < 1.29 is 14.6 Å². The van der Waals surface area contributed by atoms with E-state index in [1.54, 1.807) is 0 Å². The van der Waals surface area contributed by atoms with E-state index in [-0.39, 0.29) is 18.5 Å². The Labute approximate surface area is 113 Å². The molecule has 0 bridgehead atoms. The molecule has 1 aliphatic heterocycles. The average Bonchev–Trinajstić information content (AvgIpc) is 2.17. The van der Waals surface area contributed by atoms with Gasteiger partial charge in [-0.15, -0.1) is 11.6 Å². The van der Waals surface area contributed by atoms with Crippen molar-refractivity contribution in [2.75, 3.05) is 19.7 Å². The Morgan fingerprint density at radius 2 is 2.12 bits per heavy atom. The number of rotatable bonds is 1. The van der Waals surface area contributed by atoms with Crippen LogP contribution < -0.4 is 0 Å². The van der Waals surface area contributed by atoms with Crippen molar-refractivity contribution in [2.24, 2.45) is 0 Å². The number of ether oxygens (including phenoxy) is 1. The summed E-state index contributed by atoms with van der Waals surface area (Å²) in [4.78, 5) is 12.8. The second-order valence-electron chi connectivity index (χ2n) is 3.49. The van der Waals surface area contributed by atoms with Crippen LogP contribution in [-0.2, 0) is 4.74 Å². The number of hydrogen-bond donors (Lipinski definition) is 1. The third kappa shape index (κ3) is 4.72. The van der Waals surface area contributed by atoms with Gasteiger partial charge in [-0.05, 0) is 6.42 Å². The summed E-state index contributed by atoms with van der Waals surface area (Å²) in [6.07, 6.45) is -0.865. The SMILES string of the molecule is O=C(OCC(Cl)(Cl)Cl)N1CC[C@@H](Cl)[C@H](O)C1. The highest BCUT2D eigenvalue weighted by atomic mass is 35.6. The number of piperidine rings is 1. The van der Waals surface area contributed by atoms with Crippen LogP contribution in [0.25, 0.3) is 0 Å². The Hall–Kier alpha value is 0.390. The summed E-state index contributed by atoms with van der Waals surface area (Å²) in [6, 6.07) is 0. The molecule has 0 unspecified atom stereocenters. The summed E-state index contributed by atoms with van der Waals surface area (Å²) in [5, 5.41) is 9.13. The predicted octanol–water partition coefficient (Wildman–Crippen LogP) is 2.17. The number of halogens is 4. The van der Waals surface area contributed by atoms with Gasteiger partial charge >= 0.3 is 6.09 Å². The van der Waals surface area contributed by atoms with Gasteiger partial charge in [0.15, 0.2) is 0 Å². The normalized spacial score (nSPS) is 26.7. The molecule has 0 aromatic heterocycles. The van der Waals surface area contributed by atoms with Gasteiger partial charge in [-0.3, -0.25) is 0 Å². The molecule has 1 saturated heterocycles. The van der Waals surface area contributed by atoms with Gasteiger partial charge in [0.25, 0.3) is 0 Å². The number of carbonyl (C=O) groups excluding carboxylic acids is 1. The van der Waals surface area contributed by atoms with E-state index in [4.69, 9.17) is 51.1 Å². The van der Waals surface area contributed by atoms with E-state index in [0.29, 0.717) is 13.0 Å². The highest BCUT2D eigenvalue weighted by molar-refractivity contribution is 6.67. The van der Waals surface area contributed by atoms with Crippen molar-refractivity contribution in [3.8, 4) is 0 Å². The standard InChI is InChI=1S/C8H11Cl4NO3/c9-5-1-2-13(3-6(5)14)7(15)16-4-8(10,11)12/h5-6,14H,1-4H2/t5-,6-/m1/s1. The quantitative estimate of drug-likeness (QED) is 0.755. The molecule has 1 fully saturated rings. The molecule has 0 aromatic carbocycles. The molecule has 1 rings (SSSR count).